The van der Waals surface area contributed by atoms with Gasteiger partial charge in [0.25, 0.3) is 5.69 Å². The summed E-state index contributed by atoms with van der Waals surface area (Å²) in [4.78, 5) is 13.6. The van der Waals surface area contributed by atoms with E-state index in [0.29, 0.717) is 12.1 Å². The van der Waals surface area contributed by atoms with Crippen LogP contribution in [-0.4, -0.2) is 14.5 Å². The molecule has 0 aliphatic carbocycles. The first-order chi connectivity index (χ1) is 9.34. The van der Waals surface area contributed by atoms with E-state index in [0.717, 1.165) is 10.6 Å². The Balaban J connectivity index is 2.67. The molecule has 0 atom stereocenters. The average molecular weight is 282 g/mol. The predicted molar refractivity (Wildman–Crippen MR) is 59.9 cm³/mol. The SMILES string of the molecule is N#Cc1nccn1-c1ccc(C(F)(F)F)cc1[N+](=O)[O-]. The fourth-order valence-electron chi connectivity index (χ4n) is 1.63. The van der Waals surface area contributed by atoms with Crippen molar-refractivity contribution < 1.29 is 18.1 Å². The van der Waals surface area contributed by atoms with Gasteiger partial charge in [0.15, 0.2) is 0 Å². The monoisotopic (exact) mass is 282 g/mol. The average Bonchev–Trinajstić information content (AvgIpc) is 2.84. The van der Waals surface area contributed by atoms with E-state index in [1.165, 1.54) is 12.4 Å². The van der Waals surface area contributed by atoms with Gasteiger partial charge in [0, 0.05) is 18.5 Å². The molecule has 2 rings (SSSR count). The molecule has 0 unspecified atom stereocenters. The van der Waals surface area contributed by atoms with Crippen molar-refractivity contribution in [2.45, 2.75) is 6.18 Å². The molecular formula is C11H5F3N4O2. The Hall–Kier alpha value is -2.89. The van der Waals surface area contributed by atoms with Crippen LogP contribution in [0.15, 0.2) is 30.6 Å². The van der Waals surface area contributed by atoms with E-state index in [1.54, 1.807) is 6.07 Å². The zero-order valence-corrected chi connectivity index (χ0v) is 9.63. The van der Waals surface area contributed by atoms with Crippen molar-refractivity contribution in [3.63, 3.8) is 0 Å². The molecular weight excluding hydrogens is 277 g/mol. The number of halogens is 3. The molecule has 0 amide bonds. The van der Waals surface area contributed by atoms with E-state index in [2.05, 4.69) is 4.98 Å². The summed E-state index contributed by atoms with van der Waals surface area (Å²) in [6, 6.07) is 3.76. The molecule has 0 aliphatic heterocycles. The summed E-state index contributed by atoms with van der Waals surface area (Å²) in [7, 11) is 0. The van der Waals surface area contributed by atoms with Crippen LogP contribution in [0.25, 0.3) is 5.69 Å². The van der Waals surface area contributed by atoms with Gasteiger partial charge in [0.2, 0.25) is 5.82 Å². The third-order valence-electron chi connectivity index (χ3n) is 2.50. The Kier molecular flexibility index (Phi) is 3.15. The number of alkyl halides is 3. The molecule has 1 aromatic heterocycles. The second-order valence-electron chi connectivity index (χ2n) is 3.69. The number of nitro benzene ring substituents is 1. The van der Waals surface area contributed by atoms with Gasteiger partial charge in [-0.15, -0.1) is 0 Å². The van der Waals surface area contributed by atoms with Crippen LogP contribution in [-0.2, 0) is 6.18 Å². The topological polar surface area (TPSA) is 84.8 Å². The molecule has 1 heterocycles. The van der Waals surface area contributed by atoms with Gasteiger partial charge in [-0.25, -0.2) is 4.98 Å². The molecule has 0 aliphatic rings. The smallest absolute Gasteiger partial charge is 0.285 e. The van der Waals surface area contributed by atoms with Crippen molar-refractivity contribution in [3.05, 3.63) is 52.1 Å². The first-order valence-electron chi connectivity index (χ1n) is 5.14. The van der Waals surface area contributed by atoms with Crippen LogP contribution in [0.5, 0.6) is 0 Å². The molecule has 0 spiro atoms. The minimum atomic E-state index is -4.68. The van der Waals surface area contributed by atoms with Crippen molar-refractivity contribution in [1.29, 1.82) is 5.26 Å². The second-order valence-corrected chi connectivity index (χ2v) is 3.69. The molecule has 0 N–H and O–H groups in total. The van der Waals surface area contributed by atoms with Crippen molar-refractivity contribution in [3.8, 4) is 11.8 Å². The summed E-state index contributed by atoms with van der Waals surface area (Å²) >= 11 is 0. The van der Waals surface area contributed by atoms with Crippen LogP contribution in [0.4, 0.5) is 18.9 Å². The van der Waals surface area contributed by atoms with Gasteiger partial charge in [0.1, 0.15) is 11.8 Å². The first-order valence-corrected chi connectivity index (χ1v) is 5.14. The molecule has 1 aromatic carbocycles. The lowest BCUT2D eigenvalue weighted by atomic mass is 10.1. The van der Waals surface area contributed by atoms with Crippen LogP contribution >= 0.6 is 0 Å². The van der Waals surface area contributed by atoms with E-state index >= 15 is 0 Å². The molecule has 20 heavy (non-hydrogen) atoms. The summed E-state index contributed by atoms with van der Waals surface area (Å²) in [5.41, 5.74) is -2.04. The maximum absolute atomic E-state index is 12.6. The molecule has 9 heteroatoms. The summed E-state index contributed by atoms with van der Waals surface area (Å²) in [6.45, 7) is 0. The van der Waals surface area contributed by atoms with E-state index < -0.39 is 22.4 Å². The third-order valence-corrected chi connectivity index (χ3v) is 2.50. The lowest BCUT2D eigenvalue weighted by Gasteiger charge is -2.09. The lowest BCUT2D eigenvalue weighted by Crippen LogP contribution is -2.08. The van der Waals surface area contributed by atoms with Gasteiger partial charge in [-0.2, -0.15) is 18.4 Å². The number of aromatic nitrogens is 2. The molecule has 0 bridgehead atoms. The second kappa shape index (κ2) is 4.65. The number of imidazole rings is 1. The van der Waals surface area contributed by atoms with E-state index in [4.69, 9.17) is 5.26 Å². The zero-order chi connectivity index (χ0) is 14.9. The standard InChI is InChI=1S/C11H5F3N4O2/c12-11(13,14)7-1-2-8(9(5-7)18(19)20)17-4-3-16-10(17)6-15/h1-5H. The van der Waals surface area contributed by atoms with E-state index in [9.17, 15) is 23.3 Å². The third kappa shape index (κ3) is 2.31. The Morgan fingerprint density at radius 1 is 1.40 bits per heavy atom. The van der Waals surface area contributed by atoms with E-state index in [-0.39, 0.29) is 11.5 Å². The minimum absolute atomic E-state index is 0.156. The predicted octanol–water partition coefficient (Wildman–Crippen LogP) is 2.67. The van der Waals surface area contributed by atoms with Crippen molar-refractivity contribution >= 4 is 5.69 Å². The normalized spacial score (nSPS) is 11.1. The summed E-state index contributed by atoms with van der Waals surface area (Å²) in [5, 5.41) is 19.7. The largest absolute Gasteiger partial charge is 0.416 e. The fraction of sp³-hybridized carbons (Fsp3) is 0.0909. The van der Waals surface area contributed by atoms with Crippen LogP contribution < -0.4 is 0 Å². The van der Waals surface area contributed by atoms with Crippen LogP contribution in [0, 0.1) is 21.4 Å². The number of nitro groups is 1. The van der Waals surface area contributed by atoms with Gasteiger partial charge in [0.05, 0.1) is 10.5 Å². The van der Waals surface area contributed by atoms with Crippen LogP contribution in [0.1, 0.15) is 11.4 Å². The van der Waals surface area contributed by atoms with E-state index in [1.807, 2.05) is 0 Å². The highest BCUT2D eigenvalue weighted by Gasteiger charge is 2.33. The first kappa shape index (κ1) is 13.5. The number of hydrogen-bond donors (Lipinski definition) is 0. The molecule has 2 aromatic rings. The number of rotatable bonds is 2. The minimum Gasteiger partial charge on any atom is -0.285 e. The molecule has 0 saturated heterocycles. The van der Waals surface area contributed by atoms with Gasteiger partial charge in [-0.3, -0.25) is 14.7 Å². The highest BCUT2D eigenvalue weighted by molar-refractivity contribution is 5.56. The number of nitrogens with zero attached hydrogens (tertiary/aromatic N) is 4. The maximum atomic E-state index is 12.6. The Labute approximate surface area is 109 Å². The number of benzene rings is 1. The molecule has 0 radical (unpaired) electrons. The fourth-order valence-corrected chi connectivity index (χ4v) is 1.63. The van der Waals surface area contributed by atoms with Gasteiger partial charge in [-0.05, 0) is 12.1 Å². The van der Waals surface area contributed by atoms with Crippen LogP contribution in [0.2, 0.25) is 0 Å². The molecule has 0 fully saturated rings. The van der Waals surface area contributed by atoms with Gasteiger partial charge in [-0.1, -0.05) is 0 Å². The summed E-state index contributed by atoms with van der Waals surface area (Å²) in [5.74, 6) is -0.159. The molecule has 6 nitrogen and oxygen atoms in total. The Bertz CT molecular complexity index is 715. The van der Waals surface area contributed by atoms with Crippen LogP contribution in [0.3, 0.4) is 0 Å². The molecule has 102 valence electrons. The summed E-state index contributed by atoms with van der Waals surface area (Å²) in [6.07, 6.45) is -2.20. The quantitative estimate of drug-likeness (QED) is 0.626. The lowest BCUT2D eigenvalue weighted by molar-refractivity contribution is -0.384. The number of nitriles is 1. The van der Waals surface area contributed by atoms with Crippen molar-refractivity contribution in [2.24, 2.45) is 0 Å². The zero-order valence-electron chi connectivity index (χ0n) is 9.63. The highest BCUT2D eigenvalue weighted by Crippen LogP contribution is 2.34. The maximum Gasteiger partial charge on any atom is 0.416 e. The molecule has 0 saturated carbocycles. The summed E-state index contributed by atoms with van der Waals surface area (Å²) < 4.78 is 38.7. The van der Waals surface area contributed by atoms with Crippen molar-refractivity contribution in [1.82, 2.24) is 9.55 Å². The number of hydrogen-bond acceptors (Lipinski definition) is 4. The Morgan fingerprint density at radius 2 is 2.10 bits per heavy atom. The van der Waals surface area contributed by atoms with Gasteiger partial charge >= 0.3 is 6.18 Å². The van der Waals surface area contributed by atoms with Crippen molar-refractivity contribution in [2.75, 3.05) is 0 Å². The van der Waals surface area contributed by atoms with Gasteiger partial charge < -0.3 is 0 Å². The highest BCUT2D eigenvalue weighted by atomic mass is 19.4. The Morgan fingerprint density at radius 3 is 2.65 bits per heavy atom.